The monoisotopic (exact) mass is 284 g/mol. The number of nitrogens with two attached hydrogens (primary N) is 1. The lowest BCUT2D eigenvalue weighted by molar-refractivity contribution is 0.242. The van der Waals surface area contributed by atoms with Gasteiger partial charge in [-0.05, 0) is 32.4 Å². The van der Waals surface area contributed by atoms with E-state index in [1.807, 2.05) is 32.0 Å². The molecule has 0 heterocycles. The first kappa shape index (κ1) is 15.2. The highest BCUT2D eigenvalue weighted by atomic mass is 16.5. The fraction of sp³-hybridized carbons (Fsp3) is 0.333. The molecule has 0 spiro atoms. The minimum absolute atomic E-state index is 0.140. The van der Waals surface area contributed by atoms with E-state index in [-0.39, 0.29) is 6.10 Å². The molecule has 0 aliphatic carbocycles. The van der Waals surface area contributed by atoms with Crippen LogP contribution in [0.3, 0.4) is 0 Å². The Kier molecular flexibility index (Phi) is 4.73. The predicted octanol–water partition coefficient (Wildman–Crippen LogP) is 4.00. The van der Waals surface area contributed by atoms with Crippen LogP contribution >= 0.6 is 0 Å². The molecule has 21 heavy (non-hydrogen) atoms. The van der Waals surface area contributed by atoms with E-state index in [2.05, 4.69) is 43.1 Å². The zero-order chi connectivity index (χ0) is 15.4. The van der Waals surface area contributed by atoms with Crippen molar-refractivity contribution >= 4 is 11.4 Å². The van der Waals surface area contributed by atoms with Gasteiger partial charge in [0.1, 0.15) is 5.75 Å². The topological polar surface area (TPSA) is 38.5 Å². The second kappa shape index (κ2) is 6.53. The van der Waals surface area contributed by atoms with Gasteiger partial charge in [0.05, 0.1) is 6.10 Å². The van der Waals surface area contributed by atoms with Crippen LogP contribution in [0, 0.1) is 6.92 Å². The molecule has 2 rings (SSSR count). The summed E-state index contributed by atoms with van der Waals surface area (Å²) in [5.74, 6) is 0.816. The minimum Gasteiger partial charge on any atom is -0.491 e. The van der Waals surface area contributed by atoms with Gasteiger partial charge >= 0.3 is 0 Å². The van der Waals surface area contributed by atoms with E-state index in [0.29, 0.717) is 0 Å². The Hall–Kier alpha value is -2.16. The Bertz CT molecular complexity index is 608. The maximum atomic E-state index is 5.98. The van der Waals surface area contributed by atoms with Gasteiger partial charge in [0, 0.05) is 37.1 Å². The molecular formula is C18H24N2O. The third-order valence-corrected chi connectivity index (χ3v) is 3.23. The number of benzene rings is 2. The van der Waals surface area contributed by atoms with Crippen molar-refractivity contribution in [1.82, 2.24) is 0 Å². The van der Waals surface area contributed by atoms with Gasteiger partial charge in [0.15, 0.2) is 0 Å². The zero-order valence-corrected chi connectivity index (χ0v) is 13.3. The normalized spacial score (nSPS) is 10.7. The highest BCUT2D eigenvalue weighted by molar-refractivity contribution is 5.60. The number of rotatable bonds is 5. The molecule has 112 valence electrons. The predicted molar refractivity (Wildman–Crippen MR) is 89.9 cm³/mol. The van der Waals surface area contributed by atoms with Gasteiger partial charge in [0.2, 0.25) is 0 Å². The second-order valence-corrected chi connectivity index (χ2v) is 5.77. The Morgan fingerprint density at radius 2 is 1.90 bits per heavy atom. The van der Waals surface area contributed by atoms with Crippen LogP contribution in [0.5, 0.6) is 5.75 Å². The van der Waals surface area contributed by atoms with Crippen molar-refractivity contribution in [3.8, 4) is 5.75 Å². The van der Waals surface area contributed by atoms with Crippen LogP contribution in [0.1, 0.15) is 25.0 Å². The number of hydrogen-bond acceptors (Lipinski definition) is 3. The Morgan fingerprint density at radius 3 is 2.57 bits per heavy atom. The number of anilines is 2. The molecule has 2 aromatic rings. The molecule has 2 N–H and O–H groups in total. The number of hydrogen-bond donors (Lipinski definition) is 1. The average Bonchev–Trinajstić information content (AvgIpc) is 2.37. The van der Waals surface area contributed by atoms with E-state index in [1.54, 1.807) is 0 Å². The summed E-state index contributed by atoms with van der Waals surface area (Å²) in [6, 6.07) is 14.4. The minimum atomic E-state index is 0.140. The number of aryl methyl sites for hydroxylation is 1. The highest BCUT2D eigenvalue weighted by Crippen LogP contribution is 2.26. The van der Waals surface area contributed by atoms with Crippen LogP contribution in [0.2, 0.25) is 0 Å². The fourth-order valence-electron chi connectivity index (χ4n) is 2.34. The van der Waals surface area contributed by atoms with Crippen LogP contribution < -0.4 is 15.4 Å². The molecule has 0 radical (unpaired) electrons. The van der Waals surface area contributed by atoms with Crippen molar-refractivity contribution in [3.05, 3.63) is 53.6 Å². The molecule has 0 fully saturated rings. The summed E-state index contributed by atoms with van der Waals surface area (Å²) in [4.78, 5) is 2.18. The molecule has 0 aliphatic rings. The number of nitrogens with zero attached hydrogens (tertiary/aromatic N) is 1. The molecular weight excluding hydrogens is 260 g/mol. The third kappa shape index (κ3) is 4.42. The smallest absolute Gasteiger partial charge is 0.123 e. The Balaban J connectivity index is 2.18. The summed E-state index contributed by atoms with van der Waals surface area (Å²) < 4.78 is 5.75. The zero-order valence-electron chi connectivity index (χ0n) is 13.3. The maximum Gasteiger partial charge on any atom is 0.123 e. The molecule has 3 heteroatoms. The van der Waals surface area contributed by atoms with Crippen LogP contribution in [-0.2, 0) is 6.54 Å². The van der Waals surface area contributed by atoms with E-state index in [0.717, 1.165) is 23.7 Å². The van der Waals surface area contributed by atoms with E-state index in [9.17, 15) is 0 Å². The summed E-state index contributed by atoms with van der Waals surface area (Å²) in [6.45, 7) is 6.98. The molecule has 0 amide bonds. The van der Waals surface area contributed by atoms with E-state index >= 15 is 0 Å². The lowest BCUT2D eigenvalue weighted by Crippen LogP contribution is -2.17. The largest absolute Gasteiger partial charge is 0.491 e. The first-order valence-electron chi connectivity index (χ1n) is 7.28. The molecule has 0 saturated carbocycles. The lowest BCUT2D eigenvalue weighted by atomic mass is 10.1. The van der Waals surface area contributed by atoms with Crippen molar-refractivity contribution in [2.45, 2.75) is 33.4 Å². The SMILES string of the molecule is Cc1cccc(CN(C)c2cc(N)cc(OC(C)C)c2)c1. The van der Waals surface area contributed by atoms with E-state index < -0.39 is 0 Å². The van der Waals surface area contributed by atoms with Crippen molar-refractivity contribution in [3.63, 3.8) is 0 Å². The summed E-state index contributed by atoms with van der Waals surface area (Å²) in [5.41, 5.74) is 10.3. The standard InChI is InChI=1S/C18H24N2O/c1-13(2)21-18-10-16(19)9-17(11-18)20(4)12-15-7-5-6-14(3)8-15/h5-11,13H,12,19H2,1-4H3. The van der Waals surface area contributed by atoms with Gasteiger partial charge in [-0.25, -0.2) is 0 Å². The van der Waals surface area contributed by atoms with Crippen molar-refractivity contribution < 1.29 is 4.74 Å². The van der Waals surface area contributed by atoms with Gasteiger partial charge in [0.25, 0.3) is 0 Å². The summed E-state index contributed by atoms with van der Waals surface area (Å²) >= 11 is 0. The third-order valence-electron chi connectivity index (χ3n) is 3.23. The summed E-state index contributed by atoms with van der Waals surface area (Å²) in [6.07, 6.45) is 0.140. The number of ether oxygens (including phenoxy) is 1. The average molecular weight is 284 g/mol. The van der Waals surface area contributed by atoms with Crippen molar-refractivity contribution in [2.24, 2.45) is 0 Å². The first-order valence-corrected chi connectivity index (χ1v) is 7.28. The second-order valence-electron chi connectivity index (χ2n) is 5.77. The molecule has 0 aromatic heterocycles. The van der Waals surface area contributed by atoms with E-state index in [1.165, 1.54) is 11.1 Å². The molecule has 3 nitrogen and oxygen atoms in total. The molecule has 0 aliphatic heterocycles. The van der Waals surface area contributed by atoms with Gasteiger partial charge in [-0.15, -0.1) is 0 Å². The van der Waals surface area contributed by atoms with Crippen LogP contribution in [0.25, 0.3) is 0 Å². The maximum absolute atomic E-state index is 5.98. The quantitative estimate of drug-likeness (QED) is 0.843. The molecule has 0 unspecified atom stereocenters. The van der Waals surface area contributed by atoms with Gasteiger partial charge in [-0.1, -0.05) is 29.8 Å². The summed E-state index contributed by atoms with van der Waals surface area (Å²) in [5, 5.41) is 0. The van der Waals surface area contributed by atoms with Crippen molar-refractivity contribution in [1.29, 1.82) is 0 Å². The first-order chi connectivity index (χ1) is 9.94. The van der Waals surface area contributed by atoms with Gasteiger partial charge in [-0.3, -0.25) is 0 Å². The molecule has 2 aromatic carbocycles. The number of nitrogen functional groups attached to an aromatic ring is 1. The summed E-state index contributed by atoms with van der Waals surface area (Å²) in [7, 11) is 2.07. The lowest BCUT2D eigenvalue weighted by Gasteiger charge is -2.21. The molecule has 0 saturated heterocycles. The fourth-order valence-corrected chi connectivity index (χ4v) is 2.34. The van der Waals surface area contributed by atoms with Crippen LogP contribution in [0.4, 0.5) is 11.4 Å². The molecule has 0 atom stereocenters. The Morgan fingerprint density at radius 1 is 1.14 bits per heavy atom. The van der Waals surface area contributed by atoms with E-state index in [4.69, 9.17) is 10.5 Å². The van der Waals surface area contributed by atoms with Gasteiger partial charge in [-0.2, -0.15) is 0 Å². The van der Waals surface area contributed by atoms with Crippen LogP contribution in [0.15, 0.2) is 42.5 Å². The van der Waals surface area contributed by atoms with Gasteiger partial charge < -0.3 is 15.4 Å². The Labute approximate surface area is 127 Å². The van der Waals surface area contributed by atoms with Crippen molar-refractivity contribution in [2.75, 3.05) is 17.7 Å². The highest BCUT2D eigenvalue weighted by Gasteiger charge is 2.07. The molecule has 0 bridgehead atoms. The van der Waals surface area contributed by atoms with Crippen LogP contribution in [-0.4, -0.2) is 13.2 Å².